The number of halogens is 4. The predicted octanol–water partition coefficient (Wildman–Crippen LogP) is 10.4. The molecule has 5 aliphatic rings. The number of rotatable bonds is 12. The van der Waals surface area contributed by atoms with Gasteiger partial charge in [0.1, 0.15) is 41.1 Å². The van der Waals surface area contributed by atoms with E-state index in [1.54, 1.807) is 38.7 Å². The van der Waals surface area contributed by atoms with Gasteiger partial charge in [0.2, 0.25) is 11.8 Å². The number of nitrogens with one attached hydrogen (secondary N) is 4. The highest BCUT2D eigenvalue weighted by Gasteiger charge is 2.44. The standard InChI is InChI=1S/C58H66F4N10O6/c1-6-41(67-56(75)77-4)54(73)70-21-9-13-48(70)52-63-42-27-34(37(59)29-44(42)65-52)46-15-16-47(72(46)33-25-39(61)51(40(62)26-33)69-23-19-58(20-24-69)18-17-32-11-7-8-12-36(32)58)35-28-43-45(30-38(35)60)66-53(64-43)49-14-10-22-71(49)55(74)50(31(2)3)68-57(76)78-5/h7-8,11-12,25-31,41,46-50H,6,9-10,13-24H2,1-5H3,(H,63,65)(H,64,66)(H,67,75)(H,68,76)/t41-,46+,47+,48-,49-,50-/m0/s1. The van der Waals surface area contributed by atoms with Crippen molar-refractivity contribution in [1.82, 2.24) is 40.4 Å². The largest absolute Gasteiger partial charge is 0.453 e. The van der Waals surface area contributed by atoms with Crippen LogP contribution in [0.15, 0.2) is 60.7 Å². The summed E-state index contributed by atoms with van der Waals surface area (Å²) >= 11 is 0. The number of amides is 4. The van der Waals surface area contributed by atoms with Crippen LogP contribution in [-0.2, 0) is 30.9 Å². The molecule has 4 amide bonds. The number of imidazole rings is 2. The van der Waals surface area contributed by atoms with E-state index >= 15 is 17.6 Å². The van der Waals surface area contributed by atoms with E-state index in [-0.39, 0.29) is 58.5 Å². The number of methoxy groups -OCH3 is 2. The highest BCUT2D eigenvalue weighted by Crippen LogP contribution is 2.51. The van der Waals surface area contributed by atoms with E-state index in [4.69, 9.17) is 19.4 Å². The molecule has 0 bridgehead atoms. The van der Waals surface area contributed by atoms with E-state index in [2.05, 4.69) is 44.9 Å². The Morgan fingerprint density at radius 3 is 1.76 bits per heavy atom. The number of alkyl carbamates (subject to hydrolysis) is 2. The maximum atomic E-state index is 17.0. The van der Waals surface area contributed by atoms with Crippen molar-refractivity contribution < 1.29 is 46.2 Å². The first-order valence-corrected chi connectivity index (χ1v) is 27.4. The zero-order valence-corrected chi connectivity index (χ0v) is 44.6. The van der Waals surface area contributed by atoms with Gasteiger partial charge in [-0.05, 0) is 129 Å². The zero-order valence-electron chi connectivity index (χ0n) is 44.6. The van der Waals surface area contributed by atoms with Crippen molar-refractivity contribution in [2.24, 2.45) is 5.92 Å². The summed E-state index contributed by atoms with van der Waals surface area (Å²) in [5, 5.41) is 5.27. The summed E-state index contributed by atoms with van der Waals surface area (Å²) in [4.78, 5) is 75.3. The topological polar surface area (TPSA) is 181 Å². The van der Waals surface area contributed by atoms with Crippen molar-refractivity contribution >= 4 is 57.4 Å². The fraction of sp³-hybridized carbons (Fsp3) is 0.483. The summed E-state index contributed by atoms with van der Waals surface area (Å²) in [6, 6.07) is 12.5. The van der Waals surface area contributed by atoms with Crippen molar-refractivity contribution in [3.05, 3.63) is 118 Å². The van der Waals surface area contributed by atoms with Crippen LogP contribution in [0.1, 0.15) is 143 Å². The van der Waals surface area contributed by atoms with Crippen molar-refractivity contribution in [3.63, 3.8) is 0 Å². The van der Waals surface area contributed by atoms with Crippen LogP contribution in [0.3, 0.4) is 0 Å². The minimum atomic E-state index is -0.857. The van der Waals surface area contributed by atoms with Crippen LogP contribution >= 0.6 is 0 Å². The minimum absolute atomic E-state index is 0.0420. The molecule has 6 atom stereocenters. The number of hydrogen-bond acceptors (Lipinski definition) is 10. The number of anilines is 2. The summed E-state index contributed by atoms with van der Waals surface area (Å²) in [6.45, 7) is 7.19. The number of fused-ring (bicyclic) bond motifs is 4. The third-order valence-corrected chi connectivity index (χ3v) is 17.4. The molecule has 0 unspecified atom stereocenters. The number of aromatic amines is 2. The summed E-state index contributed by atoms with van der Waals surface area (Å²) < 4.78 is 77.5. The Labute approximate surface area is 449 Å². The Morgan fingerprint density at radius 1 is 0.679 bits per heavy atom. The molecule has 16 nitrogen and oxygen atoms in total. The number of carbonyl (C=O) groups is 4. The molecule has 4 aromatic carbocycles. The molecule has 11 rings (SSSR count). The first-order chi connectivity index (χ1) is 37.6. The average molecular weight is 1080 g/mol. The van der Waals surface area contributed by atoms with Gasteiger partial charge >= 0.3 is 12.2 Å². The van der Waals surface area contributed by atoms with Gasteiger partial charge in [-0.3, -0.25) is 9.59 Å². The molecule has 1 aliphatic carbocycles. The van der Waals surface area contributed by atoms with Gasteiger partial charge in [0.15, 0.2) is 11.6 Å². The molecular formula is C58H66F4N10O6. The number of piperidine rings is 1. The van der Waals surface area contributed by atoms with Crippen LogP contribution in [0, 0.1) is 29.2 Å². The highest BCUT2D eigenvalue weighted by molar-refractivity contribution is 5.87. The van der Waals surface area contributed by atoms with Gasteiger partial charge in [-0.15, -0.1) is 0 Å². The van der Waals surface area contributed by atoms with Gasteiger partial charge in [0, 0.05) is 43.0 Å². The molecule has 4 fully saturated rings. The fourth-order valence-electron chi connectivity index (χ4n) is 13.4. The van der Waals surface area contributed by atoms with Crippen molar-refractivity contribution in [2.45, 2.75) is 133 Å². The molecule has 20 heteroatoms. The first kappa shape index (κ1) is 52.7. The maximum absolute atomic E-state index is 17.0. The van der Waals surface area contributed by atoms with Gasteiger partial charge in [-0.2, -0.15) is 0 Å². The van der Waals surface area contributed by atoms with Crippen LogP contribution in [0.2, 0.25) is 0 Å². The smallest absolute Gasteiger partial charge is 0.407 e. The Hall–Kier alpha value is -7.38. The van der Waals surface area contributed by atoms with E-state index in [9.17, 15) is 19.2 Å². The quantitative estimate of drug-likeness (QED) is 0.0862. The zero-order chi connectivity index (χ0) is 54.7. The number of ether oxygens (including phenoxy) is 2. The number of carbonyl (C=O) groups excluding carboxylic acids is 4. The lowest BCUT2D eigenvalue weighted by Crippen LogP contribution is -2.51. The van der Waals surface area contributed by atoms with Crippen molar-refractivity contribution in [3.8, 4) is 0 Å². The predicted molar refractivity (Wildman–Crippen MR) is 285 cm³/mol. The molecule has 412 valence electrons. The van der Waals surface area contributed by atoms with Crippen LogP contribution in [0.25, 0.3) is 22.1 Å². The SMILES string of the molecule is CC[C@H](NC(=O)OC)C(=O)N1CCC[C@H]1c1nc2cc([C@H]3CC[C@H](c4cc5nc([C@@H]6CCCN6C(=O)[C@@H](NC(=O)OC)C(C)C)[nH]c5cc4F)N3c3cc(F)c(N4CCC5(CCc6ccccc65)CC4)c(F)c3)c(F)cc2[nH]1. The van der Waals surface area contributed by atoms with Gasteiger partial charge in [0.25, 0.3) is 0 Å². The third-order valence-electron chi connectivity index (χ3n) is 17.4. The molecule has 4 N–H and O–H groups in total. The second-order valence-electron chi connectivity index (χ2n) is 22.1. The molecular weight excluding hydrogens is 1010 g/mol. The van der Waals surface area contributed by atoms with E-state index < -0.39 is 71.7 Å². The number of hydrogen-bond donors (Lipinski definition) is 4. The summed E-state index contributed by atoms with van der Waals surface area (Å²) in [5.74, 6) is -2.74. The molecule has 4 aliphatic heterocycles. The Morgan fingerprint density at radius 2 is 1.22 bits per heavy atom. The summed E-state index contributed by atoms with van der Waals surface area (Å²) in [7, 11) is 2.46. The number of aromatic nitrogens is 4. The number of aryl methyl sites for hydroxylation is 1. The monoisotopic (exact) mass is 1070 g/mol. The van der Waals surface area contributed by atoms with Gasteiger partial charge in [0.05, 0.1) is 60.5 Å². The third kappa shape index (κ3) is 9.41. The molecule has 78 heavy (non-hydrogen) atoms. The molecule has 1 spiro atoms. The van der Waals surface area contributed by atoms with Crippen LogP contribution in [0.4, 0.5) is 38.5 Å². The van der Waals surface area contributed by atoms with Crippen molar-refractivity contribution in [2.75, 3.05) is 50.2 Å². The summed E-state index contributed by atoms with van der Waals surface area (Å²) in [6.07, 6.45) is 5.36. The van der Waals surface area contributed by atoms with Gasteiger partial charge in [-0.1, -0.05) is 45.0 Å². The van der Waals surface area contributed by atoms with E-state index in [1.807, 2.05) is 13.8 Å². The second kappa shape index (κ2) is 21.1. The van der Waals surface area contributed by atoms with E-state index in [0.29, 0.717) is 92.0 Å². The number of H-pyrrole nitrogens is 2. The average Bonchev–Trinajstić information content (AvgIpc) is 4.34. The van der Waals surface area contributed by atoms with Crippen molar-refractivity contribution in [1.29, 1.82) is 0 Å². The lowest BCUT2D eigenvalue weighted by Gasteiger charge is -2.41. The molecule has 4 saturated heterocycles. The lowest BCUT2D eigenvalue weighted by molar-refractivity contribution is -0.135. The Balaban J connectivity index is 0.935. The Bertz CT molecular complexity index is 3280. The van der Waals surface area contributed by atoms with Gasteiger partial charge in [-0.25, -0.2) is 37.1 Å². The molecule has 6 aromatic rings. The molecule has 6 heterocycles. The number of nitrogens with zero attached hydrogens (tertiary/aromatic N) is 6. The first-order valence-electron chi connectivity index (χ1n) is 27.4. The maximum Gasteiger partial charge on any atom is 0.407 e. The normalized spacial score (nSPS) is 21.7. The molecule has 2 aromatic heterocycles. The summed E-state index contributed by atoms with van der Waals surface area (Å²) in [5.41, 5.74) is 4.53. The van der Waals surface area contributed by atoms with Crippen LogP contribution in [0.5, 0.6) is 0 Å². The van der Waals surface area contributed by atoms with Crippen LogP contribution < -0.4 is 20.4 Å². The highest BCUT2D eigenvalue weighted by atomic mass is 19.1. The fourth-order valence-corrected chi connectivity index (χ4v) is 13.4. The van der Waals surface area contributed by atoms with Crippen LogP contribution in [-0.4, -0.2) is 106 Å². The van der Waals surface area contributed by atoms with E-state index in [0.717, 1.165) is 25.7 Å². The second-order valence-corrected chi connectivity index (χ2v) is 22.1. The molecule has 0 radical (unpaired) electrons. The minimum Gasteiger partial charge on any atom is -0.453 e. The van der Waals surface area contributed by atoms with E-state index in [1.165, 1.54) is 49.6 Å². The van der Waals surface area contributed by atoms with Gasteiger partial charge < -0.3 is 49.7 Å². The Kier molecular flexibility index (Phi) is 14.3. The lowest BCUT2D eigenvalue weighted by atomic mass is 9.74. The molecule has 0 saturated carbocycles. The number of benzene rings is 4. The number of likely N-dealkylation sites (tertiary alicyclic amines) is 2.